The number of hydrogen-bond donors (Lipinski definition) is 4. The maximum Gasteiger partial charge on any atom is 0.489 e. The second kappa shape index (κ2) is 17.6. The normalized spacial score (nSPS) is 11.2. The number of hydrogen-bond acceptors (Lipinski definition) is 7. The summed E-state index contributed by atoms with van der Waals surface area (Å²) in [7, 11) is -1.63. The van der Waals surface area contributed by atoms with E-state index in [1.54, 1.807) is 12.1 Å². The van der Waals surface area contributed by atoms with Crippen LogP contribution < -0.4 is 25.7 Å². The maximum absolute atomic E-state index is 10.3. The molecule has 0 unspecified atom stereocenters. The largest absolute Gasteiger partial charge is 0.489 e. The molecule has 0 aliphatic heterocycles. The Hall–Kier alpha value is -6.84. The molecule has 1 aromatic heterocycles. The Bertz CT molecular complexity index is 2740. The quantitative estimate of drug-likeness (QED) is 0.0722. The Morgan fingerprint density at radius 1 is 0.567 bits per heavy atom. The number of pyridine rings is 1. The van der Waals surface area contributed by atoms with Crippen LogP contribution in [0.2, 0.25) is 5.15 Å². The van der Waals surface area contributed by atoms with E-state index in [9.17, 15) is 10.0 Å². The molecule has 296 valence electrons. The van der Waals surface area contributed by atoms with Gasteiger partial charge in [0.2, 0.25) is 0 Å². The zero-order valence-corrected chi connectivity index (χ0v) is 34.3. The third-order valence-electron chi connectivity index (χ3n) is 10.2. The first-order valence-corrected chi connectivity index (χ1v) is 20.2. The summed E-state index contributed by atoms with van der Waals surface area (Å²) in [5.74, 6) is 2.02. The lowest BCUT2D eigenvalue weighted by Crippen LogP contribution is -2.31. The predicted molar refractivity (Wildman–Crippen MR) is 249 cm³/mol. The molecule has 0 radical (unpaired) electrons. The van der Waals surface area contributed by atoms with Gasteiger partial charge in [-0.2, -0.15) is 0 Å². The molecule has 0 fully saturated rings. The molecule has 0 aliphatic carbocycles. The van der Waals surface area contributed by atoms with Crippen molar-refractivity contribution < 1.29 is 14.8 Å². The first-order valence-electron chi connectivity index (χ1n) is 19.8. The Morgan fingerprint density at radius 3 is 1.88 bits per heavy atom. The number of anilines is 7. The fourth-order valence-electron chi connectivity index (χ4n) is 7.21. The van der Waals surface area contributed by atoms with E-state index in [2.05, 4.69) is 60.6 Å². The van der Waals surface area contributed by atoms with Crippen LogP contribution in [-0.4, -0.2) is 22.2 Å². The molecule has 0 aliphatic rings. The first kappa shape index (κ1) is 40.0. The molecule has 0 saturated carbocycles. The second-order valence-electron chi connectivity index (χ2n) is 15.4. The molecule has 0 bridgehead atoms. The van der Waals surface area contributed by atoms with Gasteiger partial charge in [0.25, 0.3) is 0 Å². The lowest BCUT2D eigenvalue weighted by atomic mass is 9.75. The highest BCUT2D eigenvalue weighted by molar-refractivity contribution is 6.60. The van der Waals surface area contributed by atoms with Crippen molar-refractivity contribution in [2.45, 2.75) is 26.2 Å². The molecular formula is C51H44BClN4O3. The third-order valence-corrected chi connectivity index (χ3v) is 10.4. The van der Waals surface area contributed by atoms with Crippen molar-refractivity contribution >= 4 is 64.1 Å². The van der Waals surface area contributed by atoms with E-state index in [1.807, 2.05) is 152 Å². The molecule has 9 heteroatoms. The summed E-state index contributed by atoms with van der Waals surface area (Å²) in [6.45, 7) is 6.49. The number of para-hydroxylation sites is 4. The van der Waals surface area contributed by atoms with Gasteiger partial charge in [-0.15, -0.1) is 0 Å². The summed E-state index contributed by atoms with van der Waals surface area (Å²) >= 11 is 6.63. The van der Waals surface area contributed by atoms with E-state index in [-0.39, 0.29) is 5.41 Å². The Kier molecular flexibility index (Phi) is 11.7. The fourth-order valence-corrected chi connectivity index (χ4v) is 7.41. The maximum atomic E-state index is 10.3. The summed E-state index contributed by atoms with van der Waals surface area (Å²) in [5.41, 5.74) is 10.0. The summed E-state index contributed by atoms with van der Waals surface area (Å²) < 4.78 is 6.54. The van der Waals surface area contributed by atoms with Crippen molar-refractivity contribution in [3.05, 3.63) is 199 Å². The molecule has 4 N–H and O–H groups in total. The first-order chi connectivity index (χ1) is 29.1. The monoisotopic (exact) mass is 806 g/mol. The van der Waals surface area contributed by atoms with Gasteiger partial charge in [-0.3, -0.25) is 4.90 Å². The van der Waals surface area contributed by atoms with E-state index in [0.717, 1.165) is 61.9 Å². The lowest BCUT2D eigenvalue weighted by molar-refractivity contribution is 0.426. The highest BCUT2D eigenvalue weighted by atomic mass is 35.5. The van der Waals surface area contributed by atoms with Crippen molar-refractivity contribution in [1.82, 2.24) is 4.98 Å². The molecule has 60 heavy (non-hydrogen) atoms. The number of rotatable bonds is 12. The van der Waals surface area contributed by atoms with Gasteiger partial charge in [0.15, 0.2) is 0 Å². The van der Waals surface area contributed by atoms with Crippen molar-refractivity contribution in [3.8, 4) is 33.8 Å². The highest BCUT2D eigenvalue weighted by Crippen LogP contribution is 2.42. The van der Waals surface area contributed by atoms with E-state index < -0.39 is 7.12 Å². The molecule has 8 rings (SSSR count). The minimum absolute atomic E-state index is 0.128. The minimum atomic E-state index is -1.63. The van der Waals surface area contributed by atoms with E-state index in [4.69, 9.17) is 21.3 Å². The van der Waals surface area contributed by atoms with Gasteiger partial charge in [0, 0.05) is 34.6 Å². The van der Waals surface area contributed by atoms with Crippen molar-refractivity contribution in [2.24, 2.45) is 0 Å². The summed E-state index contributed by atoms with van der Waals surface area (Å²) in [5, 5.41) is 28.4. The lowest BCUT2D eigenvalue weighted by Gasteiger charge is -2.27. The zero-order chi connectivity index (χ0) is 41.6. The van der Waals surface area contributed by atoms with Crippen LogP contribution in [0.25, 0.3) is 22.3 Å². The number of nitrogens with one attached hydrogen (secondary N) is 2. The van der Waals surface area contributed by atoms with Gasteiger partial charge in [0.05, 0.1) is 22.7 Å². The topological polar surface area (TPSA) is 89.9 Å². The van der Waals surface area contributed by atoms with Crippen LogP contribution in [0, 0.1) is 0 Å². The fraction of sp³-hybridized carbons (Fsp3) is 0.0784. The van der Waals surface area contributed by atoms with Crippen LogP contribution in [0.15, 0.2) is 188 Å². The highest BCUT2D eigenvalue weighted by Gasteiger charge is 2.22. The molecule has 0 spiro atoms. The van der Waals surface area contributed by atoms with Crippen LogP contribution in [0.3, 0.4) is 0 Å². The summed E-state index contributed by atoms with van der Waals surface area (Å²) in [4.78, 5) is 6.85. The number of halogens is 1. The van der Waals surface area contributed by atoms with E-state index in [1.165, 1.54) is 0 Å². The van der Waals surface area contributed by atoms with Crippen molar-refractivity contribution in [1.29, 1.82) is 0 Å². The summed E-state index contributed by atoms with van der Waals surface area (Å²) in [6, 6.07) is 61.5. The summed E-state index contributed by atoms with van der Waals surface area (Å²) in [6.07, 6.45) is 0. The van der Waals surface area contributed by atoms with Gasteiger partial charge in [-0.05, 0) is 88.2 Å². The van der Waals surface area contributed by atoms with Crippen LogP contribution in [0.4, 0.5) is 39.9 Å². The van der Waals surface area contributed by atoms with Gasteiger partial charge >= 0.3 is 7.12 Å². The van der Waals surface area contributed by atoms with Gasteiger partial charge in [-0.1, -0.05) is 148 Å². The van der Waals surface area contributed by atoms with Gasteiger partial charge in [0.1, 0.15) is 22.5 Å². The molecular weight excluding hydrogens is 763 g/mol. The van der Waals surface area contributed by atoms with Gasteiger partial charge < -0.3 is 25.4 Å². The number of aromatic nitrogens is 1. The zero-order valence-electron chi connectivity index (χ0n) is 33.6. The molecule has 0 atom stereocenters. The third kappa shape index (κ3) is 9.07. The van der Waals surface area contributed by atoms with Crippen LogP contribution >= 0.6 is 11.6 Å². The van der Waals surface area contributed by atoms with Gasteiger partial charge in [-0.25, -0.2) is 4.98 Å². The number of benzene rings is 7. The number of nitrogens with zero attached hydrogens (tertiary/aromatic N) is 2. The number of ether oxygens (including phenoxy) is 1. The average Bonchev–Trinajstić information content (AvgIpc) is 3.25. The second-order valence-corrected chi connectivity index (χ2v) is 15.8. The molecule has 1 heterocycles. The van der Waals surface area contributed by atoms with Crippen LogP contribution in [0.1, 0.15) is 26.3 Å². The SMILES string of the molecule is CC(C)(C)c1cc(Cl)nc(N(c2ccccc2)c2cccc(Oc3cccc(Nc4ccccc4Nc4c(-c5ccccc5)cccc4-c4ccccc4B(O)O)c3)c2)c1. The predicted octanol–water partition coefficient (Wildman–Crippen LogP) is 12.8. The Morgan fingerprint density at radius 2 is 1.15 bits per heavy atom. The van der Waals surface area contributed by atoms with E-state index >= 15 is 0 Å². The molecule has 0 amide bonds. The smallest absolute Gasteiger partial charge is 0.457 e. The Labute approximate surface area is 356 Å². The molecule has 7 nitrogen and oxygen atoms in total. The van der Waals surface area contributed by atoms with Crippen LogP contribution in [0.5, 0.6) is 11.5 Å². The van der Waals surface area contributed by atoms with Crippen molar-refractivity contribution in [2.75, 3.05) is 15.5 Å². The Balaban J connectivity index is 1.10. The molecule has 7 aromatic carbocycles. The average molecular weight is 807 g/mol. The molecule has 8 aromatic rings. The standard InChI is InChI=1S/C51H44BClN4O3/c1-51(2,3)36-31-48(53)56-49(32-36)57(38-20-8-5-9-21-38)39-22-15-24-41(34-39)60-40-23-14-19-37(33-40)54-46-29-12-13-30-47(46)55-50-42(35-17-6-4-7-18-35)26-16-27-44(50)43-25-10-11-28-45(43)52(58)59/h4-34,54-55,58-59H,1-3H3. The minimum Gasteiger partial charge on any atom is -0.457 e. The van der Waals surface area contributed by atoms with Crippen molar-refractivity contribution in [3.63, 3.8) is 0 Å². The van der Waals surface area contributed by atoms with Crippen LogP contribution in [-0.2, 0) is 5.41 Å². The molecule has 0 saturated heterocycles. The van der Waals surface area contributed by atoms with E-state index in [0.29, 0.717) is 27.9 Å².